The molecule has 1 N–H and O–H groups in total. The van der Waals surface area contributed by atoms with E-state index < -0.39 is 0 Å². The molecule has 3 aliphatic heterocycles. The van der Waals surface area contributed by atoms with Crippen LogP contribution in [0.25, 0.3) is 0 Å². The average Bonchev–Trinajstić information content (AvgIpc) is 3.21. The van der Waals surface area contributed by atoms with Crippen LogP contribution < -0.4 is 10.1 Å². The molecule has 5 heterocycles. The number of piperidine rings is 3. The van der Waals surface area contributed by atoms with Gasteiger partial charge < -0.3 is 10.1 Å². The van der Waals surface area contributed by atoms with Gasteiger partial charge in [-0.05, 0) is 57.8 Å². The molecule has 5 nitrogen and oxygen atoms in total. The van der Waals surface area contributed by atoms with Crippen LogP contribution in [0.2, 0.25) is 0 Å². The smallest absolute Gasteiger partial charge is 0.279 e. The summed E-state index contributed by atoms with van der Waals surface area (Å²) in [5.41, 5.74) is 0. The van der Waals surface area contributed by atoms with E-state index in [-0.39, 0.29) is 11.9 Å². The fourth-order valence-electron chi connectivity index (χ4n) is 3.73. The van der Waals surface area contributed by atoms with Crippen LogP contribution in [-0.4, -0.2) is 41.0 Å². The number of carbonyl (C=O) groups is 1. The molecule has 128 valence electrons. The number of amides is 1. The lowest BCUT2D eigenvalue weighted by Crippen LogP contribution is -2.62. The van der Waals surface area contributed by atoms with Crippen molar-refractivity contribution in [3.63, 3.8) is 0 Å². The Morgan fingerprint density at radius 3 is 2.79 bits per heavy atom. The van der Waals surface area contributed by atoms with E-state index >= 15 is 0 Å². The van der Waals surface area contributed by atoms with Gasteiger partial charge in [0.1, 0.15) is 0 Å². The number of thiazole rings is 1. The number of nitrogens with one attached hydrogen (secondary N) is 1. The molecule has 1 amide bonds. The summed E-state index contributed by atoms with van der Waals surface area (Å²) in [6.45, 7) is 6.56. The molecule has 2 aromatic heterocycles. The van der Waals surface area contributed by atoms with Gasteiger partial charge in [-0.25, -0.2) is 4.98 Å². The Morgan fingerprint density at radius 1 is 1.33 bits per heavy atom. The fourth-order valence-corrected chi connectivity index (χ4v) is 5.16. The third-order valence-electron chi connectivity index (χ3n) is 5.07. The van der Waals surface area contributed by atoms with Crippen LogP contribution in [0.4, 0.5) is 0 Å². The maximum Gasteiger partial charge on any atom is 0.279 e. The zero-order chi connectivity index (χ0) is 16.7. The van der Waals surface area contributed by atoms with Crippen LogP contribution in [0.5, 0.6) is 10.3 Å². The topological polar surface area (TPSA) is 54.5 Å². The highest BCUT2D eigenvalue weighted by atomic mass is 32.1. The number of hydrogen-bond donors (Lipinski definition) is 1. The molecule has 3 fully saturated rings. The zero-order valence-corrected chi connectivity index (χ0v) is 15.5. The van der Waals surface area contributed by atoms with E-state index in [4.69, 9.17) is 4.74 Å². The highest BCUT2D eigenvalue weighted by Crippen LogP contribution is 2.34. The molecule has 0 unspecified atom stereocenters. The van der Waals surface area contributed by atoms with Crippen molar-refractivity contribution in [2.75, 3.05) is 13.1 Å². The first kappa shape index (κ1) is 16.1. The molecule has 7 heteroatoms. The average molecular weight is 364 g/mol. The van der Waals surface area contributed by atoms with Crippen LogP contribution in [-0.2, 0) is 0 Å². The molecular formula is C17H21N3O2S2. The summed E-state index contributed by atoms with van der Waals surface area (Å²) in [6.07, 6.45) is 4.17. The predicted molar refractivity (Wildman–Crippen MR) is 96.3 cm³/mol. The van der Waals surface area contributed by atoms with Crippen molar-refractivity contribution in [1.82, 2.24) is 15.2 Å². The highest BCUT2D eigenvalue weighted by Gasteiger charge is 2.40. The standard InChI is InChI=1S/C17H21N3O2S2/c1-10-9-18-17(23-10)22-14-4-3-13(24-14)16(21)19-15-11(2)20-7-5-12(15)6-8-20/h3-4,9,11-12,15H,5-8H2,1-2H3,(H,19,21)/t11-,15-/m0/s1. The lowest BCUT2D eigenvalue weighted by atomic mass is 9.79. The number of nitrogens with zero attached hydrogens (tertiary/aromatic N) is 2. The zero-order valence-electron chi connectivity index (χ0n) is 13.8. The quantitative estimate of drug-likeness (QED) is 0.903. The summed E-state index contributed by atoms with van der Waals surface area (Å²) in [7, 11) is 0. The number of aromatic nitrogens is 1. The summed E-state index contributed by atoms with van der Waals surface area (Å²) < 4.78 is 5.73. The summed E-state index contributed by atoms with van der Waals surface area (Å²) in [6, 6.07) is 4.36. The normalized spacial score (nSPS) is 28.8. The van der Waals surface area contributed by atoms with Gasteiger partial charge in [-0.15, -0.1) is 0 Å². The number of hydrogen-bond acceptors (Lipinski definition) is 6. The Balaban J connectivity index is 1.41. The van der Waals surface area contributed by atoms with E-state index in [0.29, 0.717) is 27.1 Å². The lowest BCUT2D eigenvalue weighted by molar-refractivity contribution is 0.0218. The van der Waals surface area contributed by atoms with Crippen molar-refractivity contribution in [2.24, 2.45) is 5.92 Å². The second-order valence-corrected chi connectivity index (χ2v) is 8.81. The Kier molecular flexibility index (Phi) is 4.32. The molecule has 2 atom stereocenters. The highest BCUT2D eigenvalue weighted by molar-refractivity contribution is 7.16. The van der Waals surface area contributed by atoms with Gasteiger partial charge in [-0.2, -0.15) is 0 Å². The van der Waals surface area contributed by atoms with Crippen molar-refractivity contribution in [3.8, 4) is 10.3 Å². The van der Waals surface area contributed by atoms with E-state index in [9.17, 15) is 4.79 Å². The van der Waals surface area contributed by atoms with Gasteiger partial charge >= 0.3 is 0 Å². The molecule has 2 bridgehead atoms. The van der Waals surface area contributed by atoms with E-state index in [0.717, 1.165) is 4.88 Å². The van der Waals surface area contributed by atoms with Crippen LogP contribution in [0.15, 0.2) is 18.3 Å². The summed E-state index contributed by atoms with van der Waals surface area (Å²) in [5.74, 6) is 0.624. The van der Waals surface area contributed by atoms with Crippen molar-refractivity contribution in [3.05, 3.63) is 28.1 Å². The summed E-state index contributed by atoms with van der Waals surface area (Å²) in [4.78, 5) is 21.1. The molecule has 0 spiro atoms. The minimum Gasteiger partial charge on any atom is -0.420 e. The minimum atomic E-state index is 0.00997. The van der Waals surface area contributed by atoms with E-state index in [1.165, 1.54) is 48.6 Å². The second kappa shape index (κ2) is 6.46. The number of thiophene rings is 1. The monoisotopic (exact) mass is 363 g/mol. The van der Waals surface area contributed by atoms with Gasteiger partial charge in [-0.1, -0.05) is 22.7 Å². The van der Waals surface area contributed by atoms with Gasteiger partial charge in [0.2, 0.25) is 0 Å². The molecule has 0 aliphatic carbocycles. The van der Waals surface area contributed by atoms with Gasteiger partial charge in [0.15, 0.2) is 5.06 Å². The molecule has 0 saturated carbocycles. The Morgan fingerprint density at radius 2 is 2.12 bits per heavy atom. The maximum atomic E-state index is 12.6. The molecule has 0 radical (unpaired) electrons. The van der Waals surface area contributed by atoms with Gasteiger partial charge in [-0.3, -0.25) is 9.69 Å². The van der Waals surface area contributed by atoms with Crippen LogP contribution >= 0.6 is 22.7 Å². The minimum absolute atomic E-state index is 0.00997. The number of aryl methyl sites for hydroxylation is 1. The molecule has 5 rings (SSSR count). The molecule has 3 saturated heterocycles. The predicted octanol–water partition coefficient (Wildman–Crippen LogP) is 3.52. The molecule has 0 aromatic carbocycles. The number of rotatable bonds is 4. The maximum absolute atomic E-state index is 12.6. The molecular weight excluding hydrogens is 342 g/mol. The largest absolute Gasteiger partial charge is 0.420 e. The molecule has 24 heavy (non-hydrogen) atoms. The number of carbonyl (C=O) groups excluding carboxylic acids is 1. The SMILES string of the molecule is Cc1cnc(Oc2ccc(C(=O)N[C@@H]3C4CCN(CC4)[C@H]3C)s2)s1. The van der Waals surface area contributed by atoms with Crippen LogP contribution in [0, 0.1) is 12.8 Å². The van der Waals surface area contributed by atoms with E-state index in [1.807, 2.05) is 19.1 Å². The van der Waals surface area contributed by atoms with E-state index in [2.05, 4.69) is 22.1 Å². The molecule has 2 aromatic rings. The Bertz CT molecular complexity index is 732. The van der Waals surface area contributed by atoms with Crippen molar-refractivity contribution in [2.45, 2.75) is 38.8 Å². The van der Waals surface area contributed by atoms with Crippen LogP contribution in [0.3, 0.4) is 0 Å². The summed E-state index contributed by atoms with van der Waals surface area (Å²) >= 11 is 2.88. The third kappa shape index (κ3) is 3.08. The first-order valence-corrected chi connectivity index (χ1v) is 9.98. The Hall–Kier alpha value is -1.44. The first-order chi connectivity index (χ1) is 11.6. The first-order valence-electron chi connectivity index (χ1n) is 8.35. The van der Waals surface area contributed by atoms with Crippen molar-refractivity contribution in [1.29, 1.82) is 0 Å². The van der Waals surface area contributed by atoms with Gasteiger partial charge in [0.05, 0.1) is 4.88 Å². The lowest BCUT2D eigenvalue weighted by Gasteiger charge is -2.49. The van der Waals surface area contributed by atoms with Crippen molar-refractivity contribution >= 4 is 28.6 Å². The van der Waals surface area contributed by atoms with Gasteiger partial charge in [0.25, 0.3) is 11.1 Å². The fraction of sp³-hybridized carbons (Fsp3) is 0.529. The number of ether oxygens (including phenoxy) is 1. The summed E-state index contributed by atoms with van der Waals surface area (Å²) in [5, 5.41) is 4.58. The third-order valence-corrected chi connectivity index (χ3v) is 6.82. The van der Waals surface area contributed by atoms with Gasteiger partial charge in [0, 0.05) is 23.2 Å². The Labute approximate surface area is 149 Å². The number of fused-ring (bicyclic) bond motifs is 3. The second-order valence-electron chi connectivity index (χ2n) is 6.57. The van der Waals surface area contributed by atoms with Crippen molar-refractivity contribution < 1.29 is 9.53 Å². The molecule has 3 aliphatic rings. The van der Waals surface area contributed by atoms with E-state index in [1.54, 1.807) is 6.20 Å². The van der Waals surface area contributed by atoms with Crippen LogP contribution in [0.1, 0.15) is 34.3 Å².